The summed E-state index contributed by atoms with van der Waals surface area (Å²) >= 11 is 1.73. The Morgan fingerprint density at radius 3 is 2.68 bits per heavy atom. The molecule has 2 heterocycles. The van der Waals surface area contributed by atoms with Crippen LogP contribution in [0.15, 0.2) is 52.3 Å². The van der Waals surface area contributed by atoms with E-state index >= 15 is 0 Å². The van der Waals surface area contributed by atoms with E-state index in [0.29, 0.717) is 18.3 Å². The van der Waals surface area contributed by atoms with Crippen molar-refractivity contribution in [2.45, 2.75) is 13.1 Å². The van der Waals surface area contributed by atoms with Gasteiger partial charge < -0.3 is 9.73 Å². The Morgan fingerprint density at radius 1 is 1.00 bits per heavy atom. The Bertz CT molecular complexity index is 619. The smallest absolute Gasteiger partial charge is 0.247 e. The normalized spacial score (nSPS) is 10.7. The SMILES string of the molecule is c1ccc(-c2nnc(CNCc3cccs3)o2)cc1. The zero-order valence-electron chi connectivity index (χ0n) is 10.2. The lowest BCUT2D eigenvalue weighted by Crippen LogP contribution is -2.11. The molecule has 19 heavy (non-hydrogen) atoms. The number of aromatic nitrogens is 2. The Hall–Kier alpha value is -1.98. The molecule has 0 aliphatic heterocycles. The fourth-order valence-corrected chi connectivity index (χ4v) is 2.40. The number of nitrogens with zero attached hydrogens (tertiary/aromatic N) is 2. The molecular weight excluding hydrogens is 258 g/mol. The van der Waals surface area contributed by atoms with Gasteiger partial charge in [-0.1, -0.05) is 24.3 Å². The number of benzene rings is 1. The van der Waals surface area contributed by atoms with Crippen molar-refractivity contribution in [1.29, 1.82) is 0 Å². The largest absolute Gasteiger partial charge is 0.419 e. The molecule has 5 heteroatoms. The third kappa shape index (κ3) is 3.07. The first-order chi connectivity index (χ1) is 9.42. The van der Waals surface area contributed by atoms with E-state index in [0.717, 1.165) is 12.1 Å². The molecule has 0 bridgehead atoms. The zero-order valence-corrected chi connectivity index (χ0v) is 11.1. The maximum atomic E-state index is 5.61. The molecule has 0 amide bonds. The van der Waals surface area contributed by atoms with Crippen LogP contribution >= 0.6 is 11.3 Å². The maximum Gasteiger partial charge on any atom is 0.247 e. The van der Waals surface area contributed by atoms with Crippen LogP contribution in [-0.4, -0.2) is 10.2 Å². The minimum Gasteiger partial charge on any atom is -0.419 e. The molecular formula is C14H13N3OS. The lowest BCUT2D eigenvalue weighted by Gasteiger charge is -1.98. The van der Waals surface area contributed by atoms with Crippen molar-refractivity contribution >= 4 is 11.3 Å². The first-order valence-corrected chi connectivity index (χ1v) is 6.91. The molecule has 0 saturated heterocycles. The molecule has 96 valence electrons. The summed E-state index contributed by atoms with van der Waals surface area (Å²) in [5.41, 5.74) is 0.944. The predicted octanol–water partition coefficient (Wildman–Crippen LogP) is 3.09. The van der Waals surface area contributed by atoms with Crippen LogP contribution in [0.3, 0.4) is 0 Å². The van der Waals surface area contributed by atoms with Gasteiger partial charge in [0.15, 0.2) is 0 Å². The maximum absolute atomic E-state index is 5.61. The third-order valence-corrected chi connectivity index (χ3v) is 3.52. The molecule has 0 radical (unpaired) electrons. The van der Waals surface area contributed by atoms with Gasteiger partial charge in [-0.2, -0.15) is 0 Å². The zero-order chi connectivity index (χ0) is 12.9. The highest BCUT2D eigenvalue weighted by Crippen LogP contribution is 2.16. The summed E-state index contributed by atoms with van der Waals surface area (Å²) in [4.78, 5) is 1.29. The molecule has 3 aromatic rings. The second-order valence-corrected chi connectivity index (χ2v) is 5.08. The summed E-state index contributed by atoms with van der Waals surface area (Å²) in [6.45, 7) is 1.40. The Kier molecular flexibility index (Phi) is 3.67. The highest BCUT2D eigenvalue weighted by atomic mass is 32.1. The van der Waals surface area contributed by atoms with Gasteiger partial charge in [0.25, 0.3) is 0 Å². The molecule has 0 atom stereocenters. The molecule has 2 aromatic heterocycles. The van der Waals surface area contributed by atoms with Crippen LogP contribution in [0.25, 0.3) is 11.5 Å². The summed E-state index contributed by atoms with van der Waals surface area (Å²) < 4.78 is 5.61. The van der Waals surface area contributed by atoms with Crippen molar-refractivity contribution in [2.75, 3.05) is 0 Å². The number of nitrogens with one attached hydrogen (secondary N) is 1. The van der Waals surface area contributed by atoms with Crippen LogP contribution < -0.4 is 5.32 Å². The van der Waals surface area contributed by atoms with Gasteiger partial charge in [-0.15, -0.1) is 21.5 Å². The fraction of sp³-hybridized carbons (Fsp3) is 0.143. The highest BCUT2D eigenvalue weighted by Gasteiger charge is 2.07. The van der Waals surface area contributed by atoms with Crippen molar-refractivity contribution in [3.05, 3.63) is 58.6 Å². The van der Waals surface area contributed by atoms with E-state index in [4.69, 9.17) is 4.42 Å². The summed E-state index contributed by atoms with van der Waals surface area (Å²) in [7, 11) is 0. The number of thiophene rings is 1. The van der Waals surface area contributed by atoms with Crippen LogP contribution in [0, 0.1) is 0 Å². The molecule has 0 aliphatic carbocycles. The lowest BCUT2D eigenvalue weighted by molar-refractivity contribution is 0.478. The molecule has 0 aliphatic rings. The minimum absolute atomic E-state index is 0.563. The monoisotopic (exact) mass is 271 g/mol. The number of hydrogen-bond acceptors (Lipinski definition) is 5. The highest BCUT2D eigenvalue weighted by molar-refractivity contribution is 7.09. The van der Waals surface area contributed by atoms with Gasteiger partial charge in [0.05, 0.1) is 6.54 Å². The van der Waals surface area contributed by atoms with Crippen LogP contribution in [0.4, 0.5) is 0 Å². The molecule has 3 rings (SSSR count). The quantitative estimate of drug-likeness (QED) is 0.774. The van der Waals surface area contributed by atoms with Crippen LogP contribution in [-0.2, 0) is 13.1 Å². The van der Waals surface area contributed by atoms with E-state index in [-0.39, 0.29) is 0 Å². The van der Waals surface area contributed by atoms with Gasteiger partial charge in [0, 0.05) is 17.0 Å². The van der Waals surface area contributed by atoms with Crippen molar-refractivity contribution in [1.82, 2.24) is 15.5 Å². The van der Waals surface area contributed by atoms with E-state index < -0.39 is 0 Å². The fourth-order valence-electron chi connectivity index (χ4n) is 1.73. The molecule has 0 unspecified atom stereocenters. The summed E-state index contributed by atoms with van der Waals surface area (Å²) in [5.74, 6) is 1.17. The molecule has 0 fully saturated rings. The van der Waals surface area contributed by atoms with E-state index in [9.17, 15) is 0 Å². The standard InChI is InChI=1S/C14H13N3OS/c1-2-5-11(6-3-1)14-17-16-13(18-14)10-15-9-12-7-4-8-19-12/h1-8,15H,9-10H2. The first-order valence-electron chi connectivity index (χ1n) is 6.03. The van der Waals surface area contributed by atoms with Crippen molar-refractivity contribution in [3.8, 4) is 11.5 Å². The second kappa shape index (κ2) is 5.77. The lowest BCUT2D eigenvalue weighted by atomic mass is 10.2. The molecule has 0 saturated carbocycles. The van der Waals surface area contributed by atoms with Crippen molar-refractivity contribution in [2.24, 2.45) is 0 Å². The topological polar surface area (TPSA) is 51.0 Å². The summed E-state index contributed by atoms with van der Waals surface area (Å²) in [6.07, 6.45) is 0. The van der Waals surface area contributed by atoms with Crippen molar-refractivity contribution in [3.63, 3.8) is 0 Å². The average Bonchev–Trinajstić information content (AvgIpc) is 3.11. The second-order valence-electron chi connectivity index (χ2n) is 4.05. The van der Waals surface area contributed by atoms with Gasteiger partial charge in [-0.3, -0.25) is 0 Å². The third-order valence-electron chi connectivity index (χ3n) is 2.64. The summed E-state index contributed by atoms with van der Waals surface area (Å²) in [5, 5.41) is 13.4. The Labute approximate surface area is 115 Å². The first kappa shape index (κ1) is 12.1. The predicted molar refractivity (Wildman–Crippen MR) is 74.6 cm³/mol. The van der Waals surface area contributed by atoms with Gasteiger partial charge in [0.2, 0.25) is 11.8 Å². The molecule has 1 aromatic carbocycles. The molecule has 4 nitrogen and oxygen atoms in total. The Balaban J connectivity index is 1.59. The summed E-state index contributed by atoms with van der Waals surface area (Å²) in [6, 6.07) is 13.9. The van der Waals surface area contributed by atoms with Crippen LogP contribution in [0.2, 0.25) is 0 Å². The molecule has 1 N–H and O–H groups in total. The molecule has 0 spiro atoms. The number of hydrogen-bond donors (Lipinski definition) is 1. The van der Waals surface area contributed by atoms with Gasteiger partial charge >= 0.3 is 0 Å². The van der Waals surface area contributed by atoms with E-state index in [2.05, 4.69) is 27.0 Å². The Morgan fingerprint density at radius 2 is 1.89 bits per heavy atom. The van der Waals surface area contributed by atoms with Crippen LogP contribution in [0.5, 0.6) is 0 Å². The van der Waals surface area contributed by atoms with Crippen molar-refractivity contribution < 1.29 is 4.42 Å². The van der Waals surface area contributed by atoms with Crippen LogP contribution in [0.1, 0.15) is 10.8 Å². The number of rotatable bonds is 5. The van der Waals surface area contributed by atoms with E-state index in [1.54, 1.807) is 11.3 Å². The van der Waals surface area contributed by atoms with Gasteiger partial charge in [0.1, 0.15) is 0 Å². The minimum atomic E-state index is 0.563. The average molecular weight is 271 g/mol. The van der Waals surface area contributed by atoms with Gasteiger partial charge in [-0.05, 0) is 23.6 Å². The van der Waals surface area contributed by atoms with E-state index in [1.165, 1.54) is 4.88 Å². The van der Waals surface area contributed by atoms with E-state index in [1.807, 2.05) is 36.4 Å². The van der Waals surface area contributed by atoms with Gasteiger partial charge in [-0.25, -0.2) is 0 Å².